The van der Waals surface area contributed by atoms with Crippen LogP contribution in [-0.2, 0) is 6.42 Å². The summed E-state index contributed by atoms with van der Waals surface area (Å²) in [6.45, 7) is 10.3. The van der Waals surface area contributed by atoms with Gasteiger partial charge in [0.15, 0.2) is 0 Å². The van der Waals surface area contributed by atoms with Crippen LogP contribution < -0.4 is 10.1 Å². The summed E-state index contributed by atoms with van der Waals surface area (Å²) >= 11 is 0. The first-order valence-electron chi connectivity index (χ1n) is 7.62. The van der Waals surface area contributed by atoms with Gasteiger partial charge in [-0.05, 0) is 57.9 Å². The minimum absolute atomic E-state index is 0.213. The molecular formula is C17H28N2O. The molecule has 1 aliphatic heterocycles. The average molecular weight is 276 g/mol. The molecule has 1 atom stereocenters. The highest BCUT2D eigenvalue weighted by atomic mass is 16.5. The lowest BCUT2D eigenvalue weighted by atomic mass is 10.0. The van der Waals surface area contributed by atoms with Gasteiger partial charge in [0.1, 0.15) is 5.75 Å². The summed E-state index contributed by atoms with van der Waals surface area (Å²) in [6.07, 6.45) is 2.33. The normalized spacial score (nSPS) is 23.3. The molecule has 20 heavy (non-hydrogen) atoms. The summed E-state index contributed by atoms with van der Waals surface area (Å²) in [6, 6.07) is 9.09. The van der Waals surface area contributed by atoms with Crippen molar-refractivity contribution in [1.29, 1.82) is 0 Å². The zero-order valence-electron chi connectivity index (χ0n) is 13.3. The number of nitrogens with zero attached hydrogens (tertiary/aromatic N) is 1. The standard InChI is InChI=1S/C17H28N2O/c1-14-9-11-18-17(2,3)13-19(14)12-10-15-5-7-16(20-4)8-6-15/h5-8,14,18H,9-13H2,1-4H3. The number of methoxy groups -OCH3 is 1. The average Bonchev–Trinajstić information content (AvgIpc) is 2.55. The number of hydrogen-bond acceptors (Lipinski definition) is 3. The molecule has 0 aromatic heterocycles. The first kappa shape index (κ1) is 15.3. The molecule has 1 fully saturated rings. The van der Waals surface area contributed by atoms with Crippen LogP contribution in [-0.4, -0.2) is 43.2 Å². The van der Waals surface area contributed by atoms with E-state index in [4.69, 9.17) is 4.74 Å². The molecule has 0 bridgehead atoms. The fourth-order valence-electron chi connectivity index (χ4n) is 2.89. The molecule has 1 aliphatic rings. The molecule has 1 aromatic rings. The zero-order valence-corrected chi connectivity index (χ0v) is 13.3. The van der Waals surface area contributed by atoms with Crippen molar-refractivity contribution in [2.45, 2.75) is 45.2 Å². The second-order valence-electron chi connectivity index (χ2n) is 6.52. The van der Waals surface area contributed by atoms with E-state index in [0.717, 1.165) is 31.8 Å². The van der Waals surface area contributed by atoms with Crippen LogP contribution in [0, 0.1) is 0 Å². The molecule has 0 spiro atoms. The minimum atomic E-state index is 0.213. The lowest BCUT2D eigenvalue weighted by molar-refractivity contribution is 0.183. The van der Waals surface area contributed by atoms with Gasteiger partial charge in [-0.25, -0.2) is 0 Å². The van der Waals surface area contributed by atoms with E-state index in [1.165, 1.54) is 12.0 Å². The maximum atomic E-state index is 5.21. The molecule has 1 N–H and O–H groups in total. The molecule has 0 aliphatic carbocycles. The van der Waals surface area contributed by atoms with Crippen molar-refractivity contribution in [3.8, 4) is 5.75 Å². The van der Waals surface area contributed by atoms with Crippen molar-refractivity contribution in [2.24, 2.45) is 0 Å². The van der Waals surface area contributed by atoms with Crippen LogP contribution in [0.1, 0.15) is 32.8 Å². The van der Waals surface area contributed by atoms with Gasteiger partial charge in [-0.3, -0.25) is 4.90 Å². The number of hydrogen-bond donors (Lipinski definition) is 1. The van der Waals surface area contributed by atoms with Crippen LogP contribution in [0.5, 0.6) is 5.75 Å². The summed E-state index contributed by atoms with van der Waals surface area (Å²) < 4.78 is 5.21. The van der Waals surface area contributed by atoms with Crippen molar-refractivity contribution in [3.63, 3.8) is 0 Å². The molecule has 112 valence electrons. The third-order valence-corrected chi connectivity index (χ3v) is 4.23. The van der Waals surface area contributed by atoms with Crippen LogP contribution in [0.2, 0.25) is 0 Å². The lowest BCUT2D eigenvalue weighted by Crippen LogP contribution is -2.48. The van der Waals surface area contributed by atoms with E-state index in [0.29, 0.717) is 6.04 Å². The topological polar surface area (TPSA) is 24.5 Å². The van der Waals surface area contributed by atoms with E-state index >= 15 is 0 Å². The minimum Gasteiger partial charge on any atom is -0.497 e. The Morgan fingerprint density at radius 3 is 2.65 bits per heavy atom. The Morgan fingerprint density at radius 1 is 1.30 bits per heavy atom. The van der Waals surface area contributed by atoms with Crippen LogP contribution in [0.3, 0.4) is 0 Å². The molecule has 1 saturated heterocycles. The predicted molar refractivity (Wildman–Crippen MR) is 84.4 cm³/mol. The maximum absolute atomic E-state index is 5.21. The number of ether oxygens (including phenoxy) is 1. The van der Waals surface area contributed by atoms with Gasteiger partial charge in [-0.2, -0.15) is 0 Å². The Kier molecular flexibility index (Phi) is 5.06. The first-order valence-corrected chi connectivity index (χ1v) is 7.62. The highest BCUT2D eigenvalue weighted by Gasteiger charge is 2.27. The number of benzene rings is 1. The monoisotopic (exact) mass is 276 g/mol. The Labute approximate surface area is 123 Å². The lowest BCUT2D eigenvalue weighted by Gasteiger charge is -2.33. The predicted octanol–water partition coefficient (Wildman–Crippen LogP) is 2.70. The van der Waals surface area contributed by atoms with Crippen molar-refractivity contribution >= 4 is 0 Å². The van der Waals surface area contributed by atoms with Gasteiger partial charge in [-0.1, -0.05) is 12.1 Å². The third kappa shape index (κ3) is 4.22. The quantitative estimate of drug-likeness (QED) is 0.915. The fraction of sp³-hybridized carbons (Fsp3) is 0.647. The van der Waals surface area contributed by atoms with Gasteiger partial charge in [0, 0.05) is 24.7 Å². The molecule has 1 aromatic carbocycles. The molecule has 0 amide bonds. The van der Waals surface area contributed by atoms with E-state index in [-0.39, 0.29) is 5.54 Å². The molecule has 1 unspecified atom stereocenters. The van der Waals surface area contributed by atoms with E-state index in [2.05, 4.69) is 43.1 Å². The van der Waals surface area contributed by atoms with Crippen LogP contribution in [0.15, 0.2) is 24.3 Å². The summed E-state index contributed by atoms with van der Waals surface area (Å²) in [4.78, 5) is 2.62. The molecule has 0 radical (unpaired) electrons. The molecule has 3 heteroatoms. The van der Waals surface area contributed by atoms with Crippen LogP contribution in [0.25, 0.3) is 0 Å². The molecule has 1 heterocycles. The van der Waals surface area contributed by atoms with E-state index in [1.54, 1.807) is 7.11 Å². The summed E-state index contributed by atoms with van der Waals surface area (Å²) in [5.74, 6) is 0.933. The van der Waals surface area contributed by atoms with E-state index in [9.17, 15) is 0 Å². The van der Waals surface area contributed by atoms with Gasteiger partial charge in [-0.15, -0.1) is 0 Å². The van der Waals surface area contributed by atoms with Crippen molar-refractivity contribution < 1.29 is 4.74 Å². The fourth-order valence-corrected chi connectivity index (χ4v) is 2.89. The third-order valence-electron chi connectivity index (χ3n) is 4.23. The van der Waals surface area contributed by atoms with Gasteiger partial charge < -0.3 is 10.1 Å². The molecule has 2 rings (SSSR count). The largest absolute Gasteiger partial charge is 0.497 e. The highest BCUT2D eigenvalue weighted by Crippen LogP contribution is 2.17. The number of nitrogens with one attached hydrogen (secondary N) is 1. The summed E-state index contributed by atoms with van der Waals surface area (Å²) in [5, 5.41) is 3.64. The van der Waals surface area contributed by atoms with E-state index < -0.39 is 0 Å². The summed E-state index contributed by atoms with van der Waals surface area (Å²) in [5.41, 5.74) is 1.60. The summed E-state index contributed by atoms with van der Waals surface area (Å²) in [7, 11) is 1.71. The Balaban J connectivity index is 1.93. The second-order valence-corrected chi connectivity index (χ2v) is 6.52. The molecule has 0 saturated carbocycles. The first-order chi connectivity index (χ1) is 9.50. The van der Waals surface area contributed by atoms with Gasteiger partial charge in [0.2, 0.25) is 0 Å². The smallest absolute Gasteiger partial charge is 0.118 e. The Hall–Kier alpha value is -1.06. The van der Waals surface area contributed by atoms with Crippen molar-refractivity contribution in [2.75, 3.05) is 26.7 Å². The van der Waals surface area contributed by atoms with Crippen molar-refractivity contribution in [3.05, 3.63) is 29.8 Å². The Bertz CT molecular complexity index is 414. The zero-order chi connectivity index (χ0) is 14.6. The van der Waals surface area contributed by atoms with Gasteiger partial charge in [0.25, 0.3) is 0 Å². The van der Waals surface area contributed by atoms with Crippen LogP contribution in [0.4, 0.5) is 0 Å². The molecule has 3 nitrogen and oxygen atoms in total. The van der Waals surface area contributed by atoms with Gasteiger partial charge >= 0.3 is 0 Å². The van der Waals surface area contributed by atoms with Crippen molar-refractivity contribution in [1.82, 2.24) is 10.2 Å². The SMILES string of the molecule is COc1ccc(CCN2CC(C)(C)NCCC2C)cc1. The molecular weight excluding hydrogens is 248 g/mol. The number of rotatable bonds is 4. The second kappa shape index (κ2) is 6.59. The Morgan fingerprint density at radius 2 is 2.00 bits per heavy atom. The van der Waals surface area contributed by atoms with Gasteiger partial charge in [0.05, 0.1) is 7.11 Å². The maximum Gasteiger partial charge on any atom is 0.118 e. The van der Waals surface area contributed by atoms with Crippen LogP contribution >= 0.6 is 0 Å². The highest BCUT2D eigenvalue weighted by molar-refractivity contribution is 5.27. The van der Waals surface area contributed by atoms with E-state index in [1.807, 2.05) is 12.1 Å².